The van der Waals surface area contributed by atoms with Crippen molar-refractivity contribution in [2.24, 2.45) is 11.7 Å². The molecule has 22 heavy (non-hydrogen) atoms. The van der Waals surface area contributed by atoms with E-state index in [4.69, 9.17) is 10.5 Å². The number of nitrogens with two attached hydrogens (primary N) is 1. The standard InChI is InChI=1S/C16H29N3O3/c1-11(17)14(20)18-8-7-12(9-18)10-19(13-5-6-13)15(21)22-16(2,3)4/h11-13H,5-10,17H2,1-4H3/t11-,12+/m0/s1. The first kappa shape index (κ1) is 17.1. The highest BCUT2D eigenvalue weighted by Gasteiger charge is 2.38. The van der Waals surface area contributed by atoms with Crippen molar-refractivity contribution in [1.29, 1.82) is 0 Å². The first-order valence-electron chi connectivity index (χ1n) is 8.21. The minimum Gasteiger partial charge on any atom is -0.444 e. The quantitative estimate of drug-likeness (QED) is 0.855. The largest absolute Gasteiger partial charge is 0.444 e. The van der Waals surface area contributed by atoms with Gasteiger partial charge in [-0.2, -0.15) is 0 Å². The van der Waals surface area contributed by atoms with Gasteiger partial charge in [0.05, 0.1) is 6.04 Å². The van der Waals surface area contributed by atoms with Crippen LogP contribution in [0.25, 0.3) is 0 Å². The lowest BCUT2D eigenvalue weighted by Crippen LogP contribution is -2.43. The summed E-state index contributed by atoms with van der Waals surface area (Å²) in [7, 11) is 0. The fraction of sp³-hybridized carbons (Fsp3) is 0.875. The van der Waals surface area contributed by atoms with Crippen molar-refractivity contribution in [1.82, 2.24) is 9.80 Å². The summed E-state index contributed by atoms with van der Waals surface area (Å²) >= 11 is 0. The smallest absolute Gasteiger partial charge is 0.410 e. The number of hydrogen-bond acceptors (Lipinski definition) is 4. The highest BCUT2D eigenvalue weighted by Crippen LogP contribution is 2.30. The van der Waals surface area contributed by atoms with Gasteiger partial charge in [0.2, 0.25) is 5.91 Å². The zero-order chi connectivity index (χ0) is 16.5. The Kier molecular flexibility index (Phi) is 5.00. The number of rotatable bonds is 4. The number of ether oxygens (including phenoxy) is 1. The second-order valence-electron chi connectivity index (χ2n) is 7.59. The Balaban J connectivity index is 1.90. The lowest BCUT2D eigenvalue weighted by Gasteiger charge is -2.29. The Morgan fingerprint density at radius 1 is 1.32 bits per heavy atom. The minimum absolute atomic E-state index is 0.00209. The fourth-order valence-corrected chi connectivity index (χ4v) is 2.83. The third kappa shape index (κ3) is 4.60. The summed E-state index contributed by atoms with van der Waals surface area (Å²) in [6.45, 7) is 9.46. The molecule has 0 aromatic heterocycles. The van der Waals surface area contributed by atoms with Crippen molar-refractivity contribution in [2.45, 2.75) is 64.6 Å². The van der Waals surface area contributed by atoms with Gasteiger partial charge in [-0.3, -0.25) is 4.79 Å². The summed E-state index contributed by atoms with van der Waals surface area (Å²) in [5, 5.41) is 0. The minimum atomic E-state index is -0.475. The van der Waals surface area contributed by atoms with Gasteiger partial charge in [0, 0.05) is 25.7 Å². The fourth-order valence-electron chi connectivity index (χ4n) is 2.83. The van der Waals surface area contributed by atoms with Crippen LogP contribution in [0.15, 0.2) is 0 Å². The molecule has 0 radical (unpaired) electrons. The third-order valence-corrected chi connectivity index (χ3v) is 4.06. The molecule has 0 aromatic rings. The molecule has 1 aliphatic heterocycles. The van der Waals surface area contributed by atoms with Crippen molar-refractivity contribution < 1.29 is 14.3 Å². The van der Waals surface area contributed by atoms with E-state index in [1.807, 2.05) is 30.6 Å². The van der Waals surface area contributed by atoms with Crippen LogP contribution >= 0.6 is 0 Å². The van der Waals surface area contributed by atoms with Crippen molar-refractivity contribution in [2.75, 3.05) is 19.6 Å². The molecule has 126 valence electrons. The molecule has 2 fully saturated rings. The molecule has 2 rings (SSSR count). The normalized spacial score (nSPS) is 23.3. The van der Waals surface area contributed by atoms with E-state index in [0.29, 0.717) is 25.0 Å². The summed E-state index contributed by atoms with van der Waals surface area (Å²) < 4.78 is 5.51. The molecule has 1 heterocycles. The van der Waals surface area contributed by atoms with Gasteiger partial charge in [0.25, 0.3) is 0 Å². The summed E-state index contributed by atoms with van der Waals surface area (Å²) in [5.41, 5.74) is 5.19. The predicted molar refractivity (Wildman–Crippen MR) is 84.3 cm³/mol. The molecule has 0 spiro atoms. The van der Waals surface area contributed by atoms with Gasteiger partial charge in [-0.15, -0.1) is 0 Å². The van der Waals surface area contributed by atoms with Gasteiger partial charge in [0.15, 0.2) is 0 Å². The molecule has 1 saturated carbocycles. The molecule has 1 aliphatic carbocycles. The highest BCUT2D eigenvalue weighted by atomic mass is 16.6. The zero-order valence-electron chi connectivity index (χ0n) is 14.2. The van der Waals surface area contributed by atoms with E-state index >= 15 is 0 Å². The van der Waals surface area contributed by atoms with Crippen LogP contribution < -0.4 is 5.73 Å². The molecule has 0 unspecified atom stereocenters. The van der Waals surface area contributed by atoms with Crippen LogP contribution in [-0.4, -0.2) is 59.1 Å². The molecule has 2 amide bonds. The number of amides is 2. The summed E-state index contributed by atoms with van der Waals surface area (Å²) in [5.74, 6) is 0.313. The summed E-state index contributed by atoms with van der Waals surface area (Å²) in [4.78, 5) is 28.0. The monoisotopic (exact) mass is 311 g/mol. The maximum atomic E-state index is 12.4. The Hall–Kier alpha value is -1.30. The Bertz CT molecular complexity index is 427. The maximum Gasteiger partial charge on any atom is 0.410 e. The average Bonchev–Trinajstić information content (AvgIpc) is 3.11. The van der Waals surface area contributed by atoms with Gasteiger partial charge < -0.3 is 20.3 Å². The molecule has 1 saturated heterocycles. The van der Waals surface area contributed by atoms with Crippen molar-refractivity contribution in [3.8, 4) is 0 Å². The molecular formula is C16H29N3O3. The lowest BCUT2D eigenvalue weighted by molar-refractivity contribution is -0.131. The van der Waals surface area contributed by atoms with E-state index in [9.17, 15) is 9.59 Å². The molecule has 6 heteroatoms. The molecule has 0 bridgehead atoms. The van der Waals surface area contributed by atoms with Crippen LogP contribution in [-0.2, 0) is 9.53 Å². The van der Waals surface area contributed by atoms with Gasteiger partial charge in [-0.1, -0.05) is 0 Å². The van der Waals surface area contributed by atoms with Crippen LogP contribution in [0.2, 0.25) is 0 Å². The molecule has 0 aromatic carbocycles. The van der Waals surface area contributed by atoms with E-state index in [1.54, 1.807) is 6.92 Å². The maximum absolute atomic E-state index is 12.4. The Morgan fingerprint density at radius 2 is 1.95 bits per heavy atom. The number of likely N-dealkylation sites (tertiary alicyclic amines) is 1. The van der Waals surface area contributed by atoms with Crippen LogP contribution in [0, 0.1) is 5.92 Å². The van der Waals surface area contributed by atoms with E-state index in [1.165, 1.54) is 0 Å². The van der Waals surface area contributed by atoms with Crippen LogP contribution in [0.1, 0.15) is 47.0 Å². The van der Waals surface area contributed by atoms with Crippen LogP contribution in [0.5, 0.6) is 0 Å². The van der Waals surface area contributed by atoms with E-state index in [-0.39, 0.29) is 12.0 Å². The molecule has 2 atom stereocenters. The van der Waals surface area contributed by atoms with Gasteiger partial charge >= 0.3 is 6.09 Å². The second-order valence-corrected chi connectivity index (χ2v) is 7.59. The first-order chi connectivity index (χ1) is 10.2. The third-order valence-electron chi connectivity index (χ3n) is 4.06. The summed E-state index contributed by atoms with van der Waals surface area (Å²) in [6.07, 6.45) is 2.79. The van der Waals surface area contributed by atoms with E-state index in [2.05, 4.69) is 0 Å². The van der Waals surface area contributed by atoms with Crippen molar-refractivity contribution in [3.05, 3.63) is 0 Å². The second kappa shape index (κ2) is 6.44. The van der Waals surface area contributed by atoms with Gasteiger partial charge in [-0.05, 0) is 52.9 Å². The SMILES string of the molecule is C[C@H](N)C(=O)N1CC[C@@H](CN(C(=O)OC(C)(C)C)C2CC2)C1. The lowest BCUT2D eigenvalue weighted by atomic mass is 10.1. The predicted octanol–water partition coefficient (Wildman–Crippen LogP) is 1.58. The molecular weight excluding hydrogens is 282 g/mol. The number of carbonyl (C=O) groups is 2. The first-order valence-corrected chi connectivity index (χ1v) is 8.21. The molecule has 6 nitrogen and oxygen atoms in total. The van der Waals surface area contributed by atoms with Gasteiger partial charge in [0.1, 0.15) is 5.60 Å². The van der Waals surface area contributed by atoms with Crippen LogP contribution in [0.3, 0.4) is 0 Å². The van der Waals surface area contributed by atoms with Gasteiger partial charge in [-0.25, -0.2) is 4.79 Å². The van der Waals surface area contributed by atoms with Crippen LogP contribution in [0.4, 0.5) is 4.79 Å². The Labute approximate surface area is 132 Å². The average molecular weight is 311 g/mol. The highest BCUT2D eigenvalue weighted by molar-refractivity contribution is 5.81. The Morgan fingerprint density at radius 3 is 2.45 bits per heavy atom. The molecule has 2 aliphatic rings. The number of hydrogen-bond donors (Lipinski definition) is 1. The van der Waals surface area contributed by atoms with E-state index < -0.39 is 11.6 Å². The summed E-state index contributed by atoms with van der Waals surface area (Å²) in [6, 6.07) is -0.142. The van der Waals surface area contributed by atoms with Crippen molar-refractivity contribution in [3.63, 3.8) is 0 Å². The number of nitrogens with zero attached hydrogens (tertiary/aromatic N) is 2. The van der Waals surface area contributed by atoms with Crippen molar-refractivity contribution >= 4 is 12.0 Å². The topological polar surface area (TPSA) is 75.9 Å². The van der Waals surface area contributed by atoms with E-state index in [0.717, 1.165) is 25.8 Å². The molecule has 2 N–H and O–H groups in total. The number of carbonyl (C=O) groups excluding carboxylic acids is 2. The zero-order valence-corrected chi connectivity index (χ0v) is 14.2.